The Morgan fingerprint density at radius 1 is 1.55 bits per heavy atom. The van der Waals surface area contributed by atoms with Crippen molar-refractivity contribution in [3.8, 4) is 0 Å². The molecule has 0 aromatic rings. The maximum absolute atomic E-state index is 11.8. The van der Waals surface area contributed by atoms with Gasteiger partial charge in [0.25, 0.3) is 0 Å². The Labute approximate surface area is 66.4 Å². The summed E-state index contributed by atoms with van der Waals surface area (Å²) in [5.41, 5.74) is 0. The quantitative estimate of drug-likeness (QED) is 0.672. The van der Waals surface area contributed by atoms with Gasteiger partial charge in [-0.1, -0.05) is 13.8 Å². The van der Waals surface area contributed by atoms with Crippen LogP contribution in [0.25, 0.3) is 0 Å². The summed E-state index contributed by atoms with van der Waals surface area (Å²) in [4.78, 5) is 10.5. The molecule has 11 heavy (non-hydrogen) atoms. The highest BCUT2D eigenvalue weighted by Gasteiger charge is 2.17. The van der Waals surface area contributed by atoms with Crippen LogP contribution in [0, 0.1) is 11.8 Å². The third kappa shape index (κ3) is 4.76. The van der Waals surface area contributed by atoms with Crippen molar-refractivity contribution in [3.05, 3.63) is 0 Å². The summed E-state index contributed by atoms with van der Waals surface area (Å²) < 4.78 is 11.8. The van der Waals surface area contributed by atoms with Crippen LogP contribution in [-0.4, -0.2) is 17.8 Å². The van der Waals surface area contributed by atoms with Gasteiger partial charge in [0.15, 0.2) is 0 Å². The van der Waals surface area contributed by atoms with Crippen molar-refractivity contribution in [1.29, 1.82) is 0 Å². The molecular weight excluding hydrogens is 147 g/mol. The van der Waals surface area contributed by atoms with Gasteiger partial charge in [0.05, 0.1) is 12.6 Å². The summed E-state index contributed by atoms with van der Waals surface area (Å²) in [6, 6.07) is 0. The van der Waals surface area contributed by atoms with E-state index in [1.54, 1.807) is 0 Å². The average molecular weight is 162 g/mol. The van der Waals surface area contributed by atoms with Crippen molar-refractivity contribution >= 4 is 5.97 Å². The fourth-order valence-electron chi connectivity index (χ4n) is 1.04. The molecule has 3 heteroatoms. The lowest BCUT2D eigenvalue weighted by Gasteiger charge is -2.11. The molecule has 0 aliphatic heterocycles. The highest BCUT2D eigenvalue weighted by molar-refractivity contribution is 5.69. The molecule has 0 aliphatic rings. The fourth-order valence-corrected chi connectivity index (χ4v) is 1.04. The van der Waals surface area contributed by atoms with E-state index < -0.39 is 18.6 Å². The maximum atomic E-state index is 11.8. The summed E-state index contributed by atoms with van der Waals surface area (Å²) in [5.74, 6) is -1.06. The van der Waals surface area contributed by atoms with Crippen LogP contribution in [0.5, 0.6) is 0 Å². The highest BCUT2D eigenvalue weighted by atomic mass is 19.1. The molecule has 0 bridgehead atoms. The summed E-state index contributed by atoms with van der Waals surface area (Å²) in [6.45, 7) is 3.34. The molecule has 0 aliphatic carbocycles. The zero-order valence-electron chi connectivity index (χ0n) is 7.01. The van der Waals surface area contributed by atoms with E-state index in [1.807, 2.05) is 13.8 Å². The summed E-state index contributed by atoms with van der Waals surface area (Å²) in [6.07, 6.45) is 0.715. The van der Waals surface area contributed by atoms with E-state index in [2.05, 4.69) is 0 Å². The largest absolute Gasteiger partial charge is 0.481 e. The van der Waals surface area contributed by atoms with E-state index in [-0.39, 0.29) is 6.42 Å². The molecule has 0 heterocycles. The molecule has 0 spiro atoms. The summed E-state index contributed by atoms with van der Waals surface area (Å²) in [7, 11) is 0. The van der Waals surface area contributed by atoms with Crippen LogP contribution in [0.1, 0.15) is 26.7 Å². The molecule has 66 valence electrons. The Kier molecular flexibility index (Phi) is 4.83. The van der Waals surface area contributed by atoms with Crippen LogP contribution in [0.3, 0.4) is 0 Å². The number of hydrogen-bond acceptors (Lipinski definition) is 1. The van der Waals surface area contributed by atoms with E-state index in [9.17, 15) is 9.18 Å². The molecule has 0 saturated heterocycles. The Hall–Kier alpha value is -0.600. The van der Waals surface area contributed by atoms with Crippen LogP contribution < -0.4 is 0 Å². The molecule has 0 rings (SSSR count). The van der Waals surface area contributed by atoms with Crippen molar-refractivity contribution in [2.75, 3.05) is 6.67 Å². The molecule has 2 nitrogen and oxygen atoms in total. The van der Waals surface area contributed by atoms with Crippen molar-refractivity contribution in [2.24, 2.45) is 11.8 Å². The lowest BCUT2D eigenvalue weighted by Crippen LogP contribution is -2.16. The second-order valence-corrected chi connectivity index (χ2v) is 3.14. The van der Waals surface area contributed by atoms with Gasteiger partial charge in [-0.15, -0.1) is 0 Å². The van der Waals surface area contributed by atoms with E-state index >= 15 is 0 Å². The minimum absolute atomic E-state index is 0.146. The Bertz CT molecular complexity index is 123. The van der Waals surface area contributed by atoms with Crippen LogP contribution in [0.15, 0.2) is 0 Å². The lowest BCUT2D eigenvalue weighted by atomic mass is 9.95. The standard InChI is InChI=1S/C8H15FO2/c1-6(2)5-7(3-4-9)8(10)11/h6-7H,3-5H2,1-2H3,(H,10,11). The monoisotopic (exact) mass is 162 g/mol. The SMILES string of the molecule is CC(C)CC(CCF)C(=O)O. The Morgan fingerprint density at radius 3 is 2.36 bits per heavy atom. The molecule has 1 N–H and O–H groups in total. The second-order valence-electron chi connectivity index (χ2n) is 3.14. The normalized spacial score (nSPS) is 13.5. The Morgan fingerprint density at radius 2 is 2.09 bits per heavy atom. The van der Waals surface area contributed by atoms with Crippen LogP contribution in [0.2, 0.25) is 0 Å². The first-order valence-electron chi connectivity index (χ1n) is 3.86. The van der Waals surface area contributed by atoms with Crippen LogP contribution >= 0.6 is 0 Å². The highest BCUT2D eigenvalue weighted by Crippen LogP contribution is 2.15. The van der Waals surface area contributed by atoms with E-state index in [4.69, 9.17) is 5.11 Å². The van der Waals surface area contributed by atoms with Crippen molar-refractivity contribution < 1.29 is 14.3 Å². The number of alkyl halides is 1. The summed E-state index contributed by atoms with van der Waals surface area (Å²) >= 11 is 0. The zero-order chi connectivity index (χ0) is 8.85. The average Bonchev–Trinajstić information content (AvgIpc) is 1.86. The molecule has 1 unspecified atom stereocenters. The molecular formula is C8H15FO2. The topological polar surface area (TPSA) is 37.3 Å². The zero-order valence-corrected chi connectivity index (χ0v) is 7.01. The molecule has 0 aromatic carbocycles. The van der Waals surface area contributed by atoms with Gasteiger partial charge in [-0.25, -0.2) is 0 Å². The third-order valence-corrected chi connectivity index (χ3v) is 1.56. The minimum Gasteiger partial charge on any atom is -0.481 e. The van der Waals surface area contributed by atoms with Gasteiger partial charge in [-0.2, -0.15) is 0 Å². The van der Waals surface area contributed by atoms with Gasteiger partial charge in [-0.05, 0) is 18.8 Å². The fraction of sp³-hybridized carbons (Fsp3) is 0.875. The first-order chi connectivity index (χ1) is 5.07. The third-order valence-electron chi connectivity index (χ3n) is 1.56. The smallest absolute Gasteiger partial charge is 0.306 e. The lowest BCUT2D eigenvalue weighted by molar-refractivity contribution is -0.142. The van der Waals surface area contributed by atoms with E-state index in [1.165, 1.54) is 0 Å². The number of carboxylic acid groups (broad SMARTS) is 1. The number of halogens is 1. The first-order valence-corrected chi connectivity index (χ1v) is 3.86. The number of carboxylic acids is 1. The molecule has 0 saturated carbocycles. The molecule has 0 amide bonds. The van der Waals surface area contributed by atoms with Crippen LogP contribution in [-0.2, 0) is 4.79 Å². The number of rotatable bonds is 5. The molecule has 0 radical (unpaired) electrons. The maximum Gasteiger partial charge on any atom is 0.306 e. The second kappa shape index (κ2) is 5.10. The van der Waals surface area contributed by atoms with E-state index in [0.717, 1.165) is 0 Å². The number of hydrogen-bond donors (Lipinski definition) is 1. The predicted molar refractivity (Wildman–Crippen MR) is 41.2 cm³/mol. The van der Waals surface area contributed by atoms with Gasteiger partial charge < -0.3 is 5.11 Å². The van der Waals surface area contributed by atoms with Gasteiger partial charge >= 0.3 is 5.97 Å². The van der Waals surface area contributed by atoms with E-state index in [0.29, 0.717) is 12.3 Å². The predicted octanol–water partition coefficient (Wildman–Crippen LogP) is 2.09. The molecule has 1 atom stereocenters. The first kappa shape index (κ1) is 10.4. The van der Waals surface area contributed by atoms with Crippen molar-refractivity contribution in [3.63, 3.8) is 0 Å². The molecule has 0 fully saturated rings. The van der Waals surface area contributed by atoms with Crippen molar-refractivity contribution in [2.45, 2.75) is 26.7 Å². The van der Waals surface area contributed by atoms with Crippen LogP contribution in [0.4, 0.5) is 4.39 Å². The van der Waals surface area contributed by atoms with Gasteiger partial charge in [0.1, 0.15) is 0 Å². The molecule has 0 aromatic heterocycles. The van der Waals surface area contributed by atoms with Gasteiger partial charge in [0, 0.05) is 0 Å². The summed E-state index contributed by atoms with van der Waals surface area (Å²) in [5, 5.41) is 8.59. The van der Waals surface area contributed by atoms with Gasteiger partial charge in [0.2, 0.25) is 0 Å². The number of aliphatic carboxylic acids is 1. The van der Waals surface area contributed by atoms with Crippen molar-refractivity contribution in [1.82, 2.24) is 0 Å². The minimum atomic E-state index is -0.878. The number of carbonyl (C=O) groups is 1. The Balaban J connectivity index is 3.79. The van der Waals surface area contributed by atoms with Gasteiger partial charge in [-0.3, -0.25) is 9.18 Å².